The van der Waals surface area contributed by atoms with Crippen LogP contribution < -0.4 is 0 Å². The summed E-state index contributed by atoms with van der Waals surface area (Å²) in [7, 11) is 0. The minimum absolute atomic E-state index is 0.606. The summed E-state index contributed by atoms with van der Waals surface area (Å²) in [5.74, 6) is 0.751. The molecule has 0 aliphatic rings. The molecule has 0 saturated carbocycles. The Labute approximate surface area is 121 Å². The van der Waals surface area contributed by atoms with E-state index in [1.807, 2.05) is 0 Å². The maximum Gasteiger partial charge on any atom is 0.0738 e. The zero-order valence-corrected chi connectivity index (χ0v) is 14.3. The molecular weight excluding hydrogens is 344 g/mol. The van der Waals surface area contributed by atoms with Crippen molar-refractivity contribution in [1.29, 1.82) is 0 Å². The SMILES string of the molecule is CCn1nc(C)c(Br)c1CCC(Br)CC(C)C. The molecule has 1 rings (SSSR count). The molecule has 17 heavy (non-hydrogen) atoms. The summed E-state index contributed by atoms with van der Waals surface area (Å²) in [6, 6.07) is 0. The maximum atomic E-state index is 4.52. The van der Waals surface area contributed by atoms with E-state index in [0.717, 1.165) is 24.6 Å². The van der Waals surface area contributed by atoms with Crippen LogP contribution in [0.2, 0.25) is 0 Å². The van der Waals surface area contributed by atoms with Gasteiger partial charge in [-0.15, -0.1) is 0 Å². The molecule has 0 bridgehead atoms. The van der Waals surface area contributed by atoms with Crippen molar-refractivity contribution in [1.82, 2.24) is 9.78 Å². The summed E-state index contributed by atoms with van der Waals surface area (Å²) in [5, 5.41) is 4.52. The molecule has 0 aromatic carbocycles. The second-order valence-corrected chi connectivity index (χ2v) is 7.02. The van der Waals surface area contributed by atoms with Crippen LogP contribution in [0.5, 0.6) is 0 Å². The molecule has 1 unspecified atom stereocenters. The van der Waals surface area contributed by atoms with E-state index in [-0.39, 0.29) is 0 Å². The number of rotatable bonds is 6. The van der Waals surface area contributed by atoms with Crippen LogP contribution in [0.25, 0.3) is 0 Å². The molecule has 1 atom stereocenters. The van der Waals surface area contributed by atoms with Crippen LogP contribution in [0.4, 0.5) is 0 Å². The molecule has 1 aromatic heterocycles. The number of hydrogen-bond acceptors (Lipinski definition) is 1. The second kappa shape index (κ2) is 6.93. The summed E-state index contributed by atoms with van der Waals surface area (Å²) >= 11 is 7.41. The van der Waals surface area contributed by atoms with E-state index in [9.17, 15) is 0 Å². The highest BCUT2D eigenvalue weighted by molar-refractivity contribution is 9.10. The van der Waals surface area contributed by atoms with E-state index < -0.39 is 0 Å². The van der Waals surface area contributed by atoms with Crippen LogP contribution in [0.15, 0.2) is 4.47 Å². The Hall–Kier alpha value is 0.170. The molecule has 0 saturated heterocycles. The van der Waals surface area contributed by atoms with E-state index in [2.05, 4.69) is 69.3 Å². The van der Waals surface area contributed by atoms with Gasteiger partial charge in [0, 0.05) is 11.4 Å². The molecule has 0 amide bonds. The van der Waals surface area contributed by atoms with Crippen molar-refractivity contribution in [2.24, 2.45) is 5.92 Å². The van der Waals surface area contributed by atoms with Crippen molar-refractivity contribution in [3.63, 3.8) is 0 Å². The molecule has 0 radical (unpaired) electrons. The van der Waals surface area contributed by atoms with Crippen LogP contribution in [0.1, 0.15) is 45.0 Å². The number of aryl methyl sites for hydroxylation is 2. The number of halogens is 2. The molecule has 1 heterocycles. The summed E-state index contributed by atoms with van der Waals surface area (Å²) < 4.78 is 3.29. The number of hydrogen-bond donors (Lipinski definition) is 0. The van der Waals surface area contributed by atoms with Gasteiger partial charge in [-0.3, -0.25) is 4.68 Å². The largest absolute Gasteiger partial charge is 0.268 e. The third kappa shape index (κ3) is 4.40. The minimum Gasteiger partial charge on any atom is -0.268 e. The summed E-state index contributed by atoms with van der Waals surface area (Å²) in [6.07, 6.45) is 3.48. The van der Waals surface area contributed by atoms with Gasteiger partial charge in [-0.05, 0) is 55.0 Å². The smallest absolute Gasteiger partial charge is 0.0738 e. The van der Waals surface area contributed by atoms with E-state index in [4.69, 9.17) is 0 Å². The molecule has 0 spiro atoms. The van der Waals surface area contributed by atoms with Crippen LogP contribution in [0.3, 0.4) is 0 Å². The topological polar surface area (TPSA) is 17.8 Å². The fourth-order valence-electron chi connectivity index (χ4n) is 2.03. The predicted octanol–water partition coefficient (Wildman–Crippen LogP) is 4.72. The average Bonchev–Trinajstić information content (AvgIpc) is 2.51. The fourth-order valence-corrected chi connectivity index (χ4v) is 3.49. The van der Waals surface area contributed by atoms with Gasteiger partial charge in [0.2, 0.25) is 0 Å². The lowest BCUT2D eigenvalue weighted by molar-refractivity contribution is 0.541. The van der Waals surface area contributed by atoms with Gasteiger partial charge in [-0.1, -0.05) is 29.8 Å². The number of nitrogens with zero attached hydrogens (tertiary/aromatic N) is 2. The van der Waals surface area contributed by atoms with Crippen LogP contribution >= 0.6 is 31.9 Å². The zero-order valence-electron chi connectivity index (χ0n) is 11.1. The molecule has 0 fully saturated rings. The van der Waals surface area contributed by atoms with E-state index in [0.29, 0.717) is 4.83 Å². The van der Waals surface area contributed by atoms with Crippen molar-refractivity contribution < 1.29 is 0 Å². The van der Waals surface area contributed by atoms with E-state index >= 15 is 0 Å². The Bertz CT molecular complexity index is 359. The lowest BCUT2D eigenvalue weighted by Gasteiger charge is -2.12. The van der Waals surface area contributed by atoms with E-state index in [1.165, 1.54) is 23.0 Å². The van der Waals surface area contributed by atoms with Crippen molar-refractivity contribution in [2.75, 3.05) is 0 Å². The van der Waals surface area contributed by atoms with E-state index in [1.54, 1.807) is 0 Å². The highest BCUT2D eigenvalue weighted by Gasteiger charge is 2.14. The lowest BCUT2D eigenvalue weighted by atomic mass is 10.0. The van der Waals surface area contributed by atoms with Crippen LogP contribution in [-0.4, -0.2) is 14.6 Å². The Morgan fingerprint density at radius 3 is 2.53 bits per heavy atom. The summed E-state index contributed by atoms with van der Waals surface area (Å²) in [4.78, 5) is 0.606. The summed E-state index contributed by atoms with van der Waals surface area (Å²) in [5.41, 5.74) is 2.43. The first kappa shape index (κ1) is 15.2. The maximum absolute atomic E-state index is 4.52. The van der Waals surface area contributed by atoms with Crippen LogP contribution in [-0.2, 0) is 13.0 Å². The Morgan fingerprint density at radius 2 is 2.00 bits per heavy atom. The van der Waals surface area contributed by atoms with Gasteiger partial charge in [0.25, 0.3) is 0 Å². The molecule has 2 nitrogen and oxygen atoms in total. The van der Waals surface area contributed by atoms with Crippen LogP contribution in [0, 0.1) is 12.8 Å². The van der Waals surface area contributed by atoms with Gasteiger partial charge in [0.15, 0.2) is 0 Å². The summed E-state index contributed by atoms with van der Waals surface area (Å²) in [6.45, 7) is 9.68. The van der Waals surface area contributed by atoms with Gasteiger partial charge < -0.3 is 0 Å². The van der Waals surface area contributed by atoms with Gasteiger partial charge in [0.1, 0.15) is 0 Å². The Balaban J connectivity index is 2.62. The minimum atomic E-state index is 0.606. The lowest BCUT2D eigenvalue weighted by Crippen LogP contribution is -2.08. The molecule has 1 aromatic rings. The first-order valence-electron chi connectivity index (χ1n) is 6.31. The normalized spacial score (nSPS) is 13.4. The standard InChI is InChI=1S/C13H22Br2N2/c1-5-17-12(13(15)10(4)16-17)7-6-11(14)8-9(2)3/h9,11H,5-8H2,1-4H3. The van der Waals surface area contributed by atoms with Gasteiger partial charge in [0.05, 0.1) is 15.9 Å². The second-order valence-electron chi connectivity index (χ2n) is 4.93. The molecule has 0 N–H and O–H groups in total. The molecule has 98 valence electrons. The zero-order chi connectivity index (χ0) is 13.0. The van der Waals surface area contributed by atoms with Gasteiger partial charge in [-0.25, -0.2) is 0 Å². The van der Waals surface area contributed by atoms with Crippen molar-refractivity contribution in [3.8, 4) is 0 Å². The monoisotopic (exact) mass is 364 g/mol. The average molecular weight is 366 g/mol. The Kier molecular flexibility index (Phi) is 6.21. The van der Waals surface area contributed by atoms with Crippen molar-refractivity contribution >= 4 is 31.9 Å². The first-order valence-corrected chi connectivity index (χ1v) is 8.02. The first-order chi connectivity index (χ1) is 7.95. The highest BCUT2D eigenvalue weighted by atomic mass is 79.9. The number of aromatic nitrogens is 2. The third-order valence-corrected chi connectivity index (χ3v) is 4.74. The van der Waals surface area contributed by atoms with Gasteiger partial charge >= 0.3 is 0 Å². The molecular formula is C13H22Br2N2. The predicted molar refractivity (Wildman–Crippen MR) is 80.8 cm³/mol. The van der Waals surface area contributed by atoms with Crippen molar-refractivity contribution in [3.05, 3.63) is 15.9 Å². The molecule has 0 aliphatic heterocycles. The highest BCUT2D eigenvalue weighted by Crippen LogP contribution is 2.25. The van der Waals surface area contributed by atoms with Crippen molar-refractivity contribution in [2.45, 2.75) is 58.3 Å². The molecule has 4 heteroatoms. The Morgan fingerprint density at radius 1 is 1.35 bits per heavy atom. The number of alkyl halides is 1. The third-order valence-electron chi connectivity index (χ3n) is 2.87. The quantitative estimate of drug-likeness (QED) is 0.667. The molecule has 0 aliphatic carbocycles. The van der Waals surface area contributed by atoms with Gasteiger partial charge in [-0.2, -0.15) is 5.10 Å². The fraction of sp³-hybridized carbons (Fsp3) is 0.769.